The van der Waals surface area contributed by atoms with Gasteiger partial charge in [-0.2, -0.15) is 18.2 Å². The molecular formula is C26H21F5N4O2S. The Bertz CT molecular complexity index is 1570. The summed E-state index contributed by atoms with van der Waals surface area (Å²) >= 11 is 1.12. The van der Waals surface area contributed by atoms with Crippen LogP contribution >= 0.6 is 11.8 Å². The van der Waals surface area contributed by atoms with Crippen molar-refractivity contribution < 1.29 is 26.7 Å². The van der Waals surface area contributed by atoms with Crippen molar-refractivity contribution >= 4 is 28.5 Å². The zero-order valence-electron chi connectivity index (χ0n) is 19.9. The number of thioether (sulfide) groups is 1. The maximum absolute atomic E-state index is 14.9. The van der Waals surface area contributed by atoms with Gasteiger partial charge in [-0.1, -0.05) is 0 Å². The summed E-state index contributed by atoms with van der Waals surface area (Å²) in [6.45, 7) is 2.64. The van der Waals surface area contributed by atoms with E-state index in [9.17, 15) is 26.7 Å². The summed E-state index contributed by atoms with van der Waals surface area (Å²) in [6, 6.07) is 3.42. The van der Waals surface area contributed by atoms with E-state index in [2.05, 4.69) is 16.0 Å². The Labute approximate surface area is 217 Å². The van der Waals surface area contributed by atoms with Gasteiger partial charge in [-0.25, -0.2) is 13.6 Å². The molecule has 6 rings (SSSR count). The minimum atomic E-state index is -4.85. The number of nitrogens with one attached hydrogen (secondary N) is 1. The van der Waals surface area contributed by atoms with Gasteiger partial charge in [-0.05, 0) is 24.3 Å². The molecule has 0 bridgehead atoms. The van der Waals surface area contributed by atoms with Crippen molar-refractivity contribution in [2.75, 3.05) is 43.5 Å². The van der Waals surface area contributed by atoms with E-state index in [-0.39, 0.29) is 46.2 Å². The average Bonchev–Trinajstić information content (AvgIpc) is 2.85. The number of rotatable bonds is 3. The van der Waals surface area contributed by atoms with Crippen molar-refractivity contribution in [2.24, 2.45) is 5.92 Å². The topological polar surface area (TPSA) is 59.4 Å². The molecule has 12 heteroatoms. The van der Waals surface area contributed by atoms with E-state index in [0.717, 1.165) is 35.7 Å². The smallest absolute Gasteiger partial charge is 0.380 e. The van der Waals surface area contributed by atoms with Crippen molar-refractivity contribution in [3.8, 4) is 11.1 Å². The fourth-order valence-corrected chi connectivity index (χ4v) is 6.12. The lowest BCUT2D eigenvalue weighted by Crippen LogP contribution is -2.43. The SMILES string of the molecule is O=c1nc(N2CCNC(=C=CC3COC3)C2)c2cc(C(F)(F)F)c(-c3ccc(F)cc3F)c3c2n1CCS3. The summed E-state index contributed by atoms with van der Waals surface area (Å²) in [6.07, 6.45) is -2.95. The van der Waals surface area contributed by atoms with Gasteiger partial charge in [-0.15, -0.1) is 17.5 Å². The second-order valence-electron chi connectivity index (χ2n) is 9.30. The van der Waals surface area contributed by atoms with Gasteiger partial charge in [0.2, 0.25) is 0 Å². The molecule has 1 N–H and O–H groups in total. The lowest BCUT2D eigenvalue weighted by molar-refractivity contribution is -0.137. The van der Waals surface area contributed by atoms with Gasteiger partial charge in [0.15, 0.2) is 0 Å². The highest BCUT2D eigenvalue weighted by Gasteiger charge is 2.39. The summed E-state index contributed by atoms with van der Waals surface area (Å²) < 4.78 is 78.5. The first kappa shape index (κ1) is 25.0. The highest BCUT2D eigenvalue weighted by Crippen LogP contribution is 2.49. The van der Waals surface area contributed by atoms with E-state index in [1.54, 1.807) is 4.90 Å². The third-order valence-corrected chi connectivity index (χ3v) is 7.86. The van der Waals surface area contributed by atoms with Crippen LogP contribution in [-0.2, 0) is 17.5 Å². The first-order valence-corrected chi connectivity index (χ1v) is 13.0. The van der Waals surface area contributed by atoms with E-state index >= 15 is 0 Å². The van der Waals surface area contributed by atoms with Crippen LogP contribution in [0.1, 0.15) is 5.56 Å². The average molecular weight is 549 g/mol. The Balaban J connectivity index is 1.59. The third kappa shape index (κ3) is 4.36. The van der Waals surface area contributed by atoms with Crippen LogP contribution < -0.4 is 15.9 Å². The zero-order chi connectivity index (χ0) is 26.6. The molecule has 0 aliphatic carbocycles. The largest absolute Gasteiger partial charge is 0.417 e. The lowest BCUT2D eigenvalue weighted by atomic mass is 9.95. The number of aryl methyl sites for hydroxylation is 1. The van der Waals surface area contributed by atoms with Gasteiger partial charge in [-0.3, -0.25) is 4.57 Å². The number of aromatic nitrogens is 2. The zero-order valence-corrected chi connectivity index (χ0v) is 20.7. The predicted octanol–water partition coefficient (Wildman–Crippen LogP) is 4.56. The number of benzene rings is 2. The molecule has 6 nitrogen and oxygen atoms in total. The quantitative estimate of drug-likeness (QED) is 0.383. The third-order valence-electron chi connectivity index (χ3n) is 6.79. The Kier molecular flexibility index (Phi) is 6.20. The molecule has 3 aromatic rings. The molecule has 2 saturated heterocycles. The van der Waals surface area contributed by atoms with Crippen molar-refractivity contribution in [1.82, 2.24) is 14.9 Å². The van der Waals surface area contributed by atoms with Crippen LogP contribution in [0, 0.1) is 17.6 Å². The summed E-state index contributed by atoms with van der Waals surface area (Å²) in [7, 11) is 0. The Morgan fingerprint density at radius 1 is 1.18 bits per heavy atom. The van der Waals surface area contributed by atoms with Gasteiger partial charge in [0.25, 0.3) is 0 Å². The second kappa shape index (κ2) is 9.44. The van der Waals surface area contributed by atoms with Crippen LogP contribution in [0.3, 0.4) is 0 Å². The molecule has 3 aliphatic rings. The summed E-state index contributed by atoms with van der Waals surface area (Å²) in [5.41, 5.74) is 1.77. The second-order valence-corrected chi connectivity index (χ2v) is 10.4. The molecule has 2 aromatic carbocycles. The van der Waals surface area contributed by atoms with Gasteiger partial charge < -0.3 is 15.0 Å². The van der Waals surface area contributed by atoms with Crippen LogP contribution in [-0.4, -0.2) is 48.2 Å². The molecule has 0 saturated carbocycles. The van der Waals surface area contributed by atoms with Gasteiger partial charge in [0.05, 0.1) is 36.5 Å². The summed E-state index contributed by atoms with van der Waals surface area (Å²) in [5, 5.41) is 3.39. The number of ether oxygens (including phenoxy) is 1. The summed E-state index contributed by atoms with van der Waals surface area (Å²) in [5.74, 6) is -1.31. The number of anilines is 1. The normalized spacial score (nSPS) is 17.7. The number of piperazine rings is 1. The maximum Gasteiger partial charge on any atom is 0.417 e. The Morgan fingerprint density at radius 3 is 2.71 bits per heavy atom. The standard InChI is InChI=1S/C26H21F5N4O2S/c27-15-2-4-17(20(28)9-15)21-19(26(29,30)31)10-18-22-23(21)38-8-7-35(22)25(36)33-24(18)34-6-5-32-16(11-34)3-1-14-12-37-13-14/h1-2,4,9-10,14,32H,5-8,11-13H2. The van der Waals surface area contributed by atoms with Crippen molar-refractivity contribution in [3.63, 3.8) is 0 Å². The molecule has 0 spiro atoms. The number of nitrogens with zero attached hydrogens (tertiary/aromatic N) is 3. The van der Waals surface area contributed by atoms with E-state index in [4.69, 9.17) is 4.74 Å². The molecule has 1 aromatic heterocycles. The first-order chi connectivity index (χ1) is 18.2. The van der Waals surface area contributed by atoms with Crippen LogP contribution in [0.2, 0.25) is 0 Å². The molecule has 0 radical (unpaired) electrons. The minimum absolute atomic E-state index is 0.128. The fraction of sp³-hybridized carbons (Fsp3) is 0.346. The van der Waals surface area contributed by atoms with E-state index < -0.39 is 34.6 Å². The number of hydrogen-bond acceptors (Lipinski definition) is 6. The minimum Gasteiger partial charge on any atom is -0.380 e. The van der Waals surface area contributed by atoms with Crippen LogP contribution in [0.15, 0.2) is 51.5 Å². The number of alkyl halides is 3. The van der Waals surface area contributed by atoms with Gasteiger partial charge in [0.1, 0.15) is 17.5 Å². The van der Waals surface area contributed by atoms with Crippen molar-refractivity contribution in [1.29, 1.82) is 0 Å². The van der Waals surface area contributed by atoms with Crippen LogP contribution in [0.5, 0.6) is 0 Å². The molecule has 2 fully saturated rings. The fourth-order valence-electron chi connectivity index (χ4n) is 4.92. The molecule has 3 aliphatic heterocycles. The monoisotopic (exact) mass is 548 g/mol. The molecule has 0 unspecified atom stereocenters. The Morgan fingerprint density at radius 2 is 2.00 bits per heavy atom. The number of halogens is 5. The Hall–Kier alpha value is -3.34. The van der Waals surface area contributed by atoms with Crippen molar-refractivity contribution in [2.45, 2.75) is 17.6 Å². The first-order valence-electron chi connectivity index (χ1n) is 12.0. The van der Waals surface area contributed by atoms with Gasteiger partial charge in [0, 0.05) is 58.8 Å². The molecular weight excluding hydrogens is 527 g/mol. The molecule has 38 heavy (non-hydrogen) atoms. The predicted molar refractivity (Wildman–Crippen MR) is 133 cm³/mol. The van der Waals surface area contributed by atoms with Crippen LogP contribution in [0.25, 0.3) is 22.0 Å². The molecule has 0 amide bonds. The molecule has 198 valence electrons. The highest BCUT2D eigenvalue weighted by atomic mass is 32.2. The highest BCUT2D eigenvalue weighted by molar-refractivity contribution is 7.99. The summed E-state index contributed by atoms with van der Waals surface area (Å²) in [4.78, 5) is 19.2. The van der Waals surface area contributed by atoms with E-state index in [1.807, 2.05) is 6.08 Å². The van der Waals surface area contributed by atoms with Gasteiger partial charge >= 0.3 is 11.9 Å². The van der Waals surface area contributed by atoms with Crippen molar-refractivity contribution in [3.05, 3.63) is 69.5 Å². The molecule has 4 heterocycles. The number of hydrogen-bond donors (Lipinski definition) is 1. The lowest BCUT2D eigenvalue weighted by Gasteiger charge is -2.32. The van der Waals surface area contributed by atoms with E-state index in [1.165, 1.54) is 4.57 Å². The van der Waals surface area contributed by atoms with Crippen LogP contribution in [0.4, 0.5) is 27.8 Å². The molecule has 0 atom stereocenters. The maximum atomic E-state index is 14.9. The van der Waals surface area contributed by atoms with E-state index in [0.29, 0.717) is 38.1 Å².